The molecule has 0 heterocycles. The van der Waals surface area contributed by atoms with Crippen LogP contribution < -0.4 is 0 Å². The minimum Gasteiger partial charge on any atom is -0.537 e. The molecule has 0 rings (SSSR count). The third-order valence-electron chi connectivity index (χ3n) is 1.63. The van der Waals surface area contributed by atoms with Gasteiger partial charge in [0, 0.05) is 34.9 Å². The maximum Gasteiger partial charge on any atom is 0.0632 e. The molecule has 82 valence electrons. The molecule has 4 heteroatoms. The van der Waals surface area contributed by atoms with Crippen LogP contribution in [-0.2, 0) is 36.0 Å². The second-order valence-electron chi connectivity index (χ2n) is 2.90. The van der Waals surface area contributed by atoms with Gasteiger partial charge >= 0.3 is 0 Å². The fourth-order valence-electron chi connectivity index (χ4n) is 0.786. The van der Waals surface area contributed by atoms with Crippen LogP contribution in [0, 0.1) is 0 Å². The van der Waals surface area contributed by atoms with Crippen LogP contribution in [-0.4, -0.2) is 25.8 Å². The first-order chi connectivity index (χ1) is 6.35. The Morgan fingerprint density at radius 2 is 1.50 bits per heavy atom. The summed E-state index contributed by atoms with van der Waals surface area (Å²) in [7, 11) is 0. The summed E-state index contributed by atoms with van der Waals surface area (Å²) >= 11 is 0. The summed E-state index contributed by atoms with van der Waals surface area (Å²) in [5.74, 6) is 0. The van der Waals surface area contributed by atoms with E-state index in [1.807, 2.05) is 0 Å². The van der Waals surface area contributed by atoms with Gasteiger partial charge in [-0.2, -0.15) is 0 Å². The molecule has 14 heavy (non-hydrogen) atoms. The van der Waals surface area contributed by atoms with E-state index in [-0.39, 0.29) is 21.7 Å². The van der Waals surface area contributed by atoms with Gasteiger partial charge in [0.1, 0.15) is 0 Å². The first kappa shape index (κ1) is 16.7. The molecule has 0 aromatic rings. The summed E-state index contributed by atoms with van der Waals surface area (Å²) < 4.78 is 10.3. The predicted molar refractivity (Wildman–Crippen MR) is 51.2 cm³/mol. The van der Waals surface area contributed by atoms with Crippen LogP contribution in [0.25, 0.3) is 0 Å². The molecular weight excluding hydrogens is 216 g/mol. The summed E-state index contributed by atoms with van der Waals surface area (Å²) in [6, 6.07) is 0. The van der Waals surface area contributed by atoms with Crippen LogP contribution in [0.4, 0.5) is 0 Å². The van der Waals surface area contributed by atoms with E-state index in [2.05, 4.69) is 13.8 Å². The van der Waals surface area contributed by atoms with Crippen molar-refractivity contribution in [1.29, 1.82) is 0 Å². The molecular formula is C10H19O3Ti-. The van der Waals surface area contributed by atoms with Crippen molar-refractivity contribution in [2.45, 2.75) is 45.8 Å². The number of unbranched alkanes of at least 4 members (excludes halogenated alkanes) is 2. The van der Waals surface area contributed by atoms with Crippen molar-refractivity contribution >= 4 is 6.29 Å². The van der Waals surface area contributed by atoms with Gasteiger partial charge in [0.25, 0.3) is 0 Å². The van der Waals surface area contributed by atoms with Crippen molar-refractivity contribution in [2.24, 2.45) is 0 Å². The van der Waals surface area contributed by atoms with E-state index in [9.17, 15) is 4.79 Å². The third-order valence-corrected chi connectivity index (χ3v) is 1.63. The Labute approximate surface area is 101 Å². The van der Waals surface area contributed by atoms with E-state index >= 15 is 0 Å². The molecule has 0 saturated carbocycles. The molecule has 0 aromatic carbocycles. The van der Waals surface area contributed by atoms with E-state index in [1.54, 1.807) is 6.29 Å². The molecule has 0 fully saturated rings. The van der Waals surface area contributed by atoms with E-state index in [0.29, 0.717) is 13.2 Å². The van der Waals surface area contributed by atoms with Crippen molar-refractivity contribution in [3.63, 3.8) is 0 Å². The number of rotatable bonds is 9. The molecule has 0 N–H and O–H groups in total. The summed E-state index contributed by atoms with van der Waals surface area (Å²) in [6.45, 7) is 5.28. The number of carbonyl (C=O) groups excluding carboxylic acids is 1. The average molecular weight is 235 g/mol. The molecule has 0 radical (unpaired) electrons. The van der Waals surface area contributed by atoms with E-state index < -0.39 is 6.29 Å². The van der Waals surface area contributed by atoms with Crippen molar-refractivity contribution in [2.75, 3.05) is 13.2 Å². The molecule has 0 amide bonds. The first-order valence-corrected chi connectivity index (χ1v) is 4.96. The van der Waals surface area contributed by atoms with Crippen LogP contribution in [0.3, 0.4) is 0 Å². The first-order valence-electron chi connectivity index (χ1n) is 4.96. The van der Waals surface area contributed by atoms with E-state index in [4.69, 9.17) is 9.47 Å². The van der Waals surface area contributed by atoms with Gasteiger partial charge < -0.3 is 14.3 Å². The van der Waals surface area contributed by atoms with E-state index in [1.165, 1.54) is 0 Å². The molecule has 0 saturated heterocycles. The van der Waals surface area contributed by atoms with Gasteiger partial charge in [-0.15, -0.1) is 0 Å². The summed E-state index contributed by atoms with van der Waals surface area (Å²) in [6.07, 6.45) is 4.97. The predicted octanol–water partition coefficient (Wildman–Crippen LogP) is 2.05. The Hall–Kier alpha value is 0.304. The zero-order valence-electron chi connectivity index (χ0n) is 9.04. The Morgan fingerprint density at radius 1 is 1.07 bits per heavy atom. The van der Waals surface area contributed by atoms with Gasteiger partial charge in [-0.05, 0) is 12.8 Å². The van der Waals surface area contributed by atoms with Crippen LogP contribution >= 0.6 is 0 Å². The molecule has 0 aliphatic rings. The Kier molecular flexibility index (Phi) is 15.9. The van der Waals surface area contributed by atoms with Crippen molar-refractivity contribution < 1.29 is 36.0 Å². The fraction of sp³-hybridized carbons (Fsp3) is 0.900. The second kappa shape index (κ2) is 13.3. The molecule has 0 aliphatic heterocycles. The van der Waals surface area contributed by atoms with Gasteiger partial charge in [-0.3, -0.25) is 0 Å². The van der Waals surface area contributed by atoms with Crippen LogP contribution in [0.15, 0.2) is 0 Å². The van der Waals surface area contributed by atoms with Crippen molar-refractivity contribution in [1.82, 2.24) is 0 Å². The van der Waals surface area contributed by atoms with E-state index in [0.717, 1.165) is 25.7 Å². The molecule has 0 bridgehead atoms. The van der Waals surface area contributed by atoms with Gasteiger partial charge in [0.2, 0.25) is 0 Å². The fourth-order valence-corrected chi connectivity index (χ4v) is 0.786. The molecule has 3 nitrogen and oxygen atoms in total. The quantitative estimate of drug-likeness (QED) is 0.265. The Balaban J connectivity index is 0. The standard InChI is InChI=1S/C10H19O3.Ti/c1-3-5-7-12-10(9-11)13-8-6-4-2;/h10H,3-8H2,1-2H3;/q-1;. The number of ether oxygens (including phenoxy) is 2. The Bertz CT molecular complexity index is 110. The molecule has 0 atom stereocenters. The summed E-state index contributed by atoms with van der Waals surface area (Å²) in [5.41, 5.74) is 0. The Morgan fingerprint density at radius 3 is 1.79 bits per heavy atom. The molecule has 0 spiro atoms. The largest absolute Gasteiger partial charge is 0.537 e. The minimum absolute atomic E-state index is 0. The maximum atomic E-state index is 10.3. The number of hydrogen-bond donors (Lipinski definition) is 0. The normalized spacial score (nSPS) is 9.93. The molecule has 0 unspecified atom stereocenters. The van der Waals surface area contributed by atoms with Gasteiger partial charge in [-0.1, -0.05) is 26.7 Å². The maximum absolute atomic E-state index is 10.3. The monoisotopic (exact) mass is 235 g/mol. The van der Waals surface area contributed by atoms with Crippen LogP contribution in [0.1, 0.15) is 39.5 Å². The van der Waals surface area contributed by atoms with Gasteiger partial charge in [0.05, 0.1) is 6.29 Å². The smallest absolute Gasteiger partial charge is 0.0632 e. The number of hydrogen-bond acceptors (Lipinski definition) is 3. The van der Waals surface area contributed by atoms with Gasteiger partial charge in [-0.25, -0.2) is 6.29 Å². The zero-order chi connectivity index (χ0) is 9.94. The van der Waals surface area contributed by atoms with Crippen molar-refractivity contribution in [3.8, 4) is 0 Å². The second-order valence-corrected chi connectivity index (χ2v) is 2.90. The van der Waals surface area contributed by atoms with Crippen LogP contribution in [0.2, 0.25) is 0 Å². The van der Waals surface area contributed by atoms with Crippen LogP contribution in [0.5, 0.6) is 0 Å². The third kappa shape index (κ3) is 10.4. The molecule has 0 aliphatic carbocycles. The summed E-state index contributed by atoms with van der Waals surface area (Å²) in [5, 5.41) is 0. The SMILES string of the molecule is CCCCOC([C-]=O)OCCCC.[Ti]. The average Bonchev–Trinajstić information content (AvgIpc) is 2.16. The summed E-state index contributed by atoms with van der Waals surface area (Å²) in [4.78, 5) is 10.3. The zero-order valence-corrected chi connectivity index (χ0v) is 10.6. The van der Waals surface area contributed by atoms with Crippen molar-refractivity contribution in [3.05, 3.63) is 0 Å². The topological polar surface area (TPSA) is 35.5 Å². The molecule has 0 aromatic heterocycles. The minimum atomic E-state index is -0.780. The van der Waals surface area contributed by atoms with Gasteiger partial charge in [0.15, 0.2) is 0 Å².